The normalized spacial score (nSPS) is 10.1. The summed E-state index contributed by atoms with van der Waals surface area (Å²) in [6.07, 6.45) is 2.89. The predicted molar refractivity (Wildman–Crippen MR) is 62.8 cm³/mol. The van der Waals surface area contributed by atoms with Crippen LogP contribution in [0.25, 0.3) is 0 Å². The molecule has 1 heterocycles. The summed E-state index contributed by atoms with van der Waals surface area (Å²) in [5.74, 6) is 0.432. The van der Waals surface area contributed by atoms with Crippen LogP contribution in [0.2, 0.25) is 0 Å². The molecule has 0 saturated heterocycles. The minimum Gasteiger partial charge on any atom is -0.496 e. The molecule has 3 nitrogen and oxygen atoms in total. The van der Waals surface area contributed by atoms with E-state index in [1.165, 1.54) is 19.6 Å². The van der Waals surface area contributed by atoms with Crippen molar-refractivity contribution in [1.29, 1.82) is 0 Å². The highest BCUT2D eigenvalue weighted by molar-refractivity contribution is 9.10. The topological polar surface area (TPSA) is 39.4 Å². The van der Waals surface area contributed by atoms with Crippen molar-refractivity contribution in [3.8, 4) is 5.75 Å². The van der Waals surface area contributed by atoms with Gasteiger partial charge in [0.05, 0.1) is 24.5 Å². The number of ketones is 1. The fourth-order valence-corrected chi connectivity index (χ4v) is 1.77. The van der Waals surface area contributed by atoms with Gasteiger partial charge in [-0.05, 0) is 24.3 Å². The van der Waals surface area contributed by atoms with Crippen molar-refractivity contribution < 1.29 is 13.9 Å². The highest BCUT2D eigenvalue weighted by atomic mass is 79.9. The molecular formula is C12H9BrO3. The van der Waals surface area contributed by atoms with E-state index in [0.717, 1.165) is 4.47 Å². The third-order valence-electron chi connectivity index (χ3n) is 2.19. The zero-order chi connectivity index (χ0) is 11.5. The first kappa shape index (κ1) is 11.0. The van der Waals surface area contributed by atoms with Gasteiger partial charge in [-0.25, -0.2) is 0 Å². The van der Waals surface area contributed by atoms with Crippen molar-refractivity contribution in [1.82, 2.24) is 0 Å². The Hall–Kier alpha value is -1.55. The molecule has 4 heteroatoms. The number of carbonyl (C=O) groups is 1. The molecular weight excluding hydrogens is 272 g/mol. The zero-order valence-electron chi connectivity index (χ0n) is 8.57. The third-order valence-corrected chi connectivity index (χ3v) is 2.68. The Balaban J connectivity index is 2.47. The molecule has 2 aromatic rings. The number of benzene rings is 1. The van der Waals surface area contributed by atoms with E-state index >= 15 is 0 Å². The number of methoxy groups -OCH3 is 1. The lowest BCUT2D eigenvalue weighted by atomic mass is 10.1. The molecule has 1 aromatic carbocycles. The molecule has 82 valence electrons. The number of hydrogen-bond acceptors (Lipinski definition) is 3. The molecule has 2 rings (SSSR count). The van der Waals surface area contributed by atoms with E-state index in [0.29, 0.717) is 16.9 Å². The maximum atomic E-state index is 12.1. The van der Waals surface area contributed by atoms with E-state index in [4.69, 9.17) is 9.15 Å². The van der Waals surface area contributed by atoms with Crippen LogP contribution >= 0.6 is 15.9 Å². The molecule has 16 heavy (non-hydrogen) atoms. The van der Waals surface area contributed by atoms with Gasteiger partial charge in [0.25, 0.3) is 0 Å². The molecule has 0 N–H and O–H groups in total. The summed E-state index contributed by atoms with van der Waals surface area (Å²) in [6.45, 7) is 0. The molecule has 0 aliphatic heterocycles. The van der Waals surface area contributed by atoms with Crippen LogP contribution in [0, 0.1) is 0 Å². The summed E-state index contributed by atoms with van der Waals surface area (Å²) >= 11 is 3.33. The van der Waals surface area contributed by atoms with Gasteiger partial charge in [-0.1, -0.05) is 15.9 Å². The summed E-state index contributed by atoms with van der Waals surface area (Å²) in [5.41, 5.74) is 1.02. The minimum absolute atomic E-state index is 0.119. The maximum Gasteiger partial charge on any atom is 0.200 e. The van der Waals surface area contributed by atoms with Crippen LogP contribution in [-0.2, 0) is 0 Å². The second-order valence-corrected chi connectivity index (χ2v) is 4.10. The summed E-state index contributed by atoms with van der Waals surface area (Å²) in [6, 6.07) is 6.93. The van der Waals surface area contributed by atoms with E-state index in [1.807, 2.05) is 6.07 Å². The largest absolute Gasteiger partial charge is 0.496 e. The Bertz CT molecular complexity index is 503. The number of hydrogen-bond donors (Lipinski definition) is 0. The standard InChI is InChI=1S/C12H9BrO3/c1-15-11-3-2-9(13)6-10(11)12(14)8-4-5-16-7-8/h2-7H,1H3. The van der Waals surface area contributed by atoms with E-state index in [1.54, 1.807) is 18.2 Å². The average Bonchev–Trinajstić information content (AvgIpc) is 2.81. The van der Waals surface area contributed by atoms with Crippen LogP contribution in [0.1, 0.15) is 15.9 Å². The Morgan fingerprint density at radius 1 is 1.38 bits per heavy atom. The van der Waals surface area contributed by atoms with Crippen molar-refractivity contribution >= 4 is 21.7 Å². The second kappa shape index (κ2) is 4.53. The highest BCUT2D eigenvalue weighted by Crippen LogP contribution is 2.25. The number of furan rings is 1. The van der Waals surface area contributed by atoms with Gasteiger partial charge in [0.2, 0.25) is 0 Å². The Morgan fingerprint density at radius 2 is 2.19 bits per heavy atom. The quantitative estimate of drug-likeness (QED) is 0.810. The average molecular weight is 281 g/mol. The van der Waals surface area contributed by atoms with Gasteiger partial charge >= 0.3 is 0 Å². The van der Waals surface area contributed by atoms with Gasteiger partial charge in [0.1, 0.15) is 12.0 Å². The first-order valence-corrected chi connectivity index (χ1v) is 5.42. The number of ether oxygens (including phenoxy) is 1. The molecule has 0 bridgehead atoms. The highest BCUT2D eigenvalue weighted by Gasteiger charge is 2.15. The lowest BCUT2D eigenvalue weighted by Gasteiger charge is -2.06. The fourth-order valence-electron chi connectivity index (χ4n) is 1.41. The number of rotatable bonds is 3. The minimum atomic E-state index is -0.119. The third kappa shape index (κ3) is 2.02. The second-order valence-electron chi connectivity index (χ2n) is 3.19. The number of halogens is 1. The summed E-state index contributed by atoms with van der Waals surface area (Å²) in [7, 11) is 1.54. The van der Waals surface area contributed by atoms with Crippen LogP contribution in [0.5, 0.6) is 5.75 Å². The molecule has 0 spiro atoms. The van der Waals surface area contributed by atoms with Crippen molar-refractivity contribution in [2.45, 2.75) is 0 Å². The Morgan fingerprint density at radius 3 is 2.81 bits per heavy atom. The van der Waals surface area contributed by atoms with Crippen LogP contribution < -0.4 is 4.74 Å². The van der Waals surface area contributed by atoms with E-state index in [2.05, 4.69) is 15.9 Å². The molecule has 0 aliphatic carbocycles. The molecule has 0 radical (unpaired) electrons. The summed E-state index contributed by atoms with van der Waals surface area (Å²) in [5, 5.41) is 0. The van der Waals surface area contributed by atoms with Gasteiger partial charge in [-0.15, -0.1) is 0 Å². The smallest absolute Gasteiger partial charge is 0.200 e. The van der Waals surface area contributed by atoms with Crippen molar-refractivity contribution in [2.24, 2.45) is 0 Å². The summed E-state index contributed by atoms with van der Waals surface area (Å²) < 4.78 is 10.9. The van der Waals surface area contributed by atoms with Crippen molar-refractivity contribution in [2.75, 3.05) is 7.11 Å². The lowest BCUT2D eigenvalue weighted by Crippen LogP contribution is -2.02. The van der Waals surface area contributed by atoms with Crippen LogP contribution in [0.3, 0.4) is 0 Å². The summed E-state index contributed by atoms with van der Waals surface area (Å²) in [4.78, 5) is 12.1. The monoisotopic (exact) mass is 280 g/mol. The lowest BCUT2D eigenvalue weighted by molar-refractivity contribution is 0.103. The van der Waals surface area contributed by atoms with Crippen molar-refractivity contribution in [3.05, 3.63) is 52.4 Å². The zero-order valence-corrected chi connectivity index (χ0v) is 10.2. The van der Waals surface area contributed by atoms with Crippen LogP contribution in [0.15, 0.2) is 45.7 Å². The predicted octanol–water partition coefficient (Wildman–Crippen LogP) is 3.28. The molecule has 0 fully saturated rings. The molecule has 1 aromatic heterocycles. The Kier molecular flexibility index (Phi) is 3.10. The SMILES string of the molecule is COc1ccc(Br)cc1C(=O)c1ccoc1. The van der Waals surface area contributed by atoms with Gasteiger partial charge in [-0.3, -0.25) is 4.79 Å². The molecule has 0 unspecified atom stereocenters. The van der Waals surface area contributed by atoms with Crippen LogP contribution in [-0.4, -0.2) is 12.9 Å². The first-order valence-electron chi connectivity index (χ1n) is 4.63. The number of carbonyl (C=O) groups excluding carboxylic acids is 1. The molecule has 0 atom stereocenters. The van der Waals surface area contributed by atoms with Gasteiger partial charge in [0, 0.05) is 4.47 Å². The van der Waals surface area contributed by atoms with Gasteiger partial charge in [-0.2, -0.15) is 0 Å². The molecule has 0 saturated carbocycles. The van der Waals surface area contributed by atoms with E-state index < -0.39 is 0 Å². The molecule has 0 aliphatic rings. The Labute approximate surface area is 101 Å². The fraction of sp³-hybridized carbons (Fsp3) is 0.0833. The molecule has 0 amide bonds. The van der Waals surface area contributed by atoms with Crippen LogP contribution in [0.4, 0.5) is 0 Å². The van der Waals surface area contributed by atoms with E-state index in [-0.39, 0.29) is 5.78 Å². The van der Waals surface area contributed by atoms with Gasteiger partial charge in [0.15, 0.2) is 5.78 Å². The van der Waals surface area contributed by atoms with Gasteiger partial charge < -0.3 is 9.15 Å². The first-order chi connectivity index (χ1) is 7.72. The van der Waals surface area contributed by atoms with E-state index in [9.17, 15) is 4.79 Å². The maximum absolute atomic E-state index is 12.1. The van der Waals surface area contributed by atoms with Crippen molar-refractivity contribution in [3.63, 3.8) is 0 Å².